The van der Waals surface area contributed by atoms with E-state index >= 15 is 0 Å². The van der Waals surface area contributed by atoms with Crippen LogP contribution in [0.1, 0.15) is 6.42 Å². The number of hydrogen-bond acceptors (Lipinski definition) is 7. The second-order valence-electron chi connectivity index (χ2n) is 8.02. The van der Waals surface area contributed by atoms with Gasteiger partial charge in [-0.05, 0) is 44.3 Å². The van der Waals surface area contributed by atoms with Crippen LogP contribution >= 0.6 is 11.3 Å². The quantitative estimate of drug-likeness (QED) is 0.510. The lowest BCUT2D eigenvalue weighted by atomic mass is 10.2. The minimum Gasteiger partial charge on any atom is -0.338 e. The van der Waals surface area contributed by atoms with Crippen LogP contribution in [0.3, 0.4) is 0 Å². The summed E-state index contributed by atoms with van der Waals surface area (Å²) in [6.45, 7) is 5.80. The van der Waals surface area contributed by atoms with Gasteiger partial charge in [-0.25, -0.2) is 23.5 Å². The molecular formula is C22H27F2N7OS. The lowest BCUT2D eigenvalue weighted by molar-refractivity contribution is 0.153. The molecule has 0 bridgehead atoms. The van der Waals surface area contributed by atoms with Gasteiger partial charge in [0.15, 0.2) is 5.13 Å². The highest BCUT2D eigenvalue weighted by atomic mass is 32.1. The van der Waals surface area contributed by atoms with Crippen molar-refractivity contribution in [3.63, 3.8) is 0 Å². The Bertz CT molecular complexity index is 1100. The van der Waals surface area contributed by atoms with E-state index in [1.807, 2.05) is 0 Å². The summed E-state index contributed by atoms with van der Waals surface area (Å²) in [7, 11) is 3.67. The molecule has 33 heavy (non-hydrogen) atoms. The molecule has 3 aromatic rings. The lowest BCUT2D eigenvalue weighted by Crippen LogP contribution is -2.45. The van der Waals surface area contributed by atoms with E-state index in [2.05, 4.69) is 37.4 Å². The third-order valence-electron chi connectivity index (χ3n) is 5.61. The van der Waals surface area contributed by atoms with Crippen LogP contribution in [0, 0.1) is 11.6 Å². The number of para-hydroxylation sites is 1. The molecule has 2 amide bonds. The van der Waals surface area contributed by atoms with E-state index in [1.165, 1.54) is 34.4 Å². The molecule has 3 heterocycles. The number of aromatic nitrogens is 2. The van der Waals surface area contributed by atoms with Crippen molar-refractivity contribution in [3.8, 4) is 0 Å². The van der Waals surface area contributed by atoms with Crippen molar-refractivity contribution in [2.24, 2.45) is 0 Å². The summed E-state index contributed by atoms with van der Waals surface area (Å²) < 4.78 is 28.2. The Labute approximate surface area is 195 Å². The van der Waals surface area contributed by atoms with E-state index in [0.29, 0.717) is 27.8 Å². The lowest BCUT2D eigenvalue weighted by Gasteiger charge is -2.32. The summed E-state index contributed by atoms with van der Waals surface area (Å²) in [6, 6.07) is 6.74. The van der Waals surface area contributed by atoms with E-state index in [-0.39, 0.29) is 11.7 Å². The van der Waals surface area contributed by atoms with Crippen LogP contribution < -0.4 is 15.5 Å². The number of hydrogen-bond donors (Lipinski definition) is 2. The van der Waals surface area contributed by atoms with Gasteiger partial charge >= 0.3 is 6.03 Å². The van der Waals surface area contributed by atoms with Crippen LogP contribution in [0.15, 0.2) is 30.3 Å². The first-order chi connectivity index (χ1) is 15.9. The predicted octanol–water partition coefficient (Wildman–Crippen LogP) is 3.50. The SMILES string of the molecule is CN1CCN(CCCNC(=O)Nc2nc3ccc(N(C)c4c(F)cccc4F)nc3s2)CC1. The summed E-state index contributed by atoms with van der Waals surface area (Å²) in [5.41, 5.74) is 0.416. The Morgan fingerprint density at radius 2 is 1.85 bits per heavy atom. The van der Waals surface area contributed by atoms with Crippen molar-refractivity contribution in [2.75, 3.05) is 63.6 Å². The van der Waals surface area contributed by atoms with Crippen LogP contribution in [-0.2, 0) is 0 Å². The van der Waals surface area contributed by atoms with E-state index in [9.17, 15) is 13.6 Å². The molecule has 0 spiro atoms. The molecule has 11 heteroatoms. The molecule has 0 saturated carbocycles. The van der Waals surface area contributed by atoms with E-state index in [1.54, 1.807) is 19.2 Å². The maximum atomic E-state index is 14.1. The highest BCUT2D eigenvalue weighted by Crippen LogP contribution is 2.31. The normalized spacial score (nSPS) is 15.0. The Morgan fingerprint density at radius 1 is 1.12 bits per heavy atom. The molecular weight excluding hydrogens is 448 g/mol. The van der Waals surface area contributed by atoms with Crippen LogP contribution in [0.5, 0.6) is 0 Å². The molecule has 1 fully saturated rings. The number of thiazole rings is 1. The number of piperazine rings is 1. The summed E-state index contributed by atoms with van der Waals surface area (Å²) in [6.07, 6.45) is 0.876. The van der Waals surface area contributed by atoms with Crippen molar-refractivity contribution < 1.29 is 13.6 Å². The van der Waals surface area contributed by atoms with Crippen molar-refractivity contribution in [2.45, 2.75) is 6.42 Å². The average Bonchev–Trinajstić information content (AvgIpc) is 3.19. The van der Waals surface area contributed by atoms with E-state index < -0.39 is 11.6 Å². The number of benzene rings is 1. The fourth-order valence-corrected chi connectivity index (χ4v) is 4.52. The Hall–Kier alpha value is -2.89. The summed E-state index contributed by atoms with van der Waals surface area (Å²) >= 11 is 1.20. The number of nitrogens with one attached hydrogen (secondary N) is 2. The molecule has 8 nitrogen and oxygen atoms in total. The summed E-state index contributed by atoms with van der Waals surface area (Å²) in [5, 5.41) is 6.00. The third-order valence-corrected chi connectivity index (χ3v) is 6.49. The van der Waals surface area contributed by atoms with Crippen LogP contribution in [0.4, 0.5) is 30.2 Å². The van der Waals surface area contributed by atoms with Crippen LogP contribution in [0.2, 0.25) is 0 Å². The molecule has 176 valence electrons. The first kappa shape index (κ1) is 23.3. The number of carbonyl (C=O) groups excluding carboxylic acids is 1. The number of amides is 2. The van der Waals surface area contributed by atoms with Gasteiger partial charge in [0.1, 0.15) is 33.5 Å². The van der Waals surface area contributed by atoms with Gasteiger partial charge in [-0.1, -0.05) is 17.4 Å². The Kier molecular flexibility index (Phi) is 7.31. The molecule has 1 aliphatic rings. The maximum absolute atomic E-state index is 14.1. The molecule has 1 saturated heterocycles. The van der Waals surface area contributed by atoms with Gasteiger partial charge in [0.25, 0.3) is 0 Å². The molecule has 1 aliphatic heterocycles. The molecule has 1 aromatic carbocycles. The van der Waals surface area contributed by atoms with E-state index in [4.69, 9.17) is 0 Å². The zero-order valence-corrected chi connectivity index (χ0v) is 19.5. The fraction of sp³-hybridized carbons (Fsp3) is 0.409. The molecule has 0 radical (unpaired) electrons. The standard InChI is InChI=1S/C22H27F2N7OS/c1-29-11-13-31(14-12-29)10-4-9-25-21(32)28-22-26-17-7-8-18(27-20(17)33-22)30(2)19-15(23)5-3-6-16(19)24/h3,5-8H,4,9-14H2,1-2H3,(H2,25,26,28,32). The average molecular weight is 476 g/mol. The number of rotatable bonds is 7. The number of carbonyl (C=O) groups is 1. The summed E-state index contributed by atoms with van der Waals surface area (Å²) in [4.78, 5) is 27.7. The number of halogens is 2. The number of likely N-dealkylation sites (N-methyl/N-ethyl adjacent to an activating group) is 1. The van der Waals surface area contributed by atoms with Crippen LogP contribution in [-0.4, -0.2) is 79.2 Å². The minimum atomic E-state index is -0.671. The largest absolute Gasteiger partial charge is 0.338 e. The van der Waals surface area contributed by atoms with E-state index in [0.717, 1.165) is 39.1 Å². The van der Waals surface area contributed by atoms with Crippen molar-refractivity contribution in [1.82, 2.24) is 25.1 Å². The molecule has 0 unspecified atom stereocenters. The van der Waals surface area contributed by atoms with Crippen LogP contribution in [0.25, 0.3) is 10.3 Å². The van der Waals surface area contributed by atoms with Crippen molar-refractivity contribution in [1.29, 1.82) is 0 Å². The predicted molar refractivity (Wildman–Crippen MR) is 127 cm³/mol. The molecule has 0 atom stereocenters. The van der Waals surface area contributed by atoms with Gasteiger partial charge in [-0.15, -0.1) is 0 Å². The maximum Gasteiger partial charge on any atom is 0.321 e. The number of fused-ring (bicyclic) bond motifs is 1. The minimum absolute atomic E-state index is 0.178. The van der Waals surface area contributed by atoms with Gasteiger partial charge < -0.3 is 20.0 Å². The van der Waals surface area contributed by atoms with Crippen molar-refractivity contribution >= 4 is 44.4 Å². The molecule has 0 aliphatic carbocycles. The smallest absolute Gasteiger partial charge is 0.321 e. The first-order valence-corrected chi connectivity index (χ1v) is 11.6. The van der Waals surface area contributed by atoms with Gasteiger partial charge in [0.05, 0.1) is 0 Å². The topological polar surface area (TPSA) is 76.6 Å². The highest BCUT2D eigenvalue weighted by Gasteiger charge is 2.17. The molecule has 4 rings (SSSR count). The zero-order chi connectivity index (χ0) is 23.4. The second kappa shape index (κ2) is 10.4. The number of nitrogens with zero attached hydrogens (tertiary/aromatic N) is 5. The van der Waals surface area contributed by atoms with Gasteiger partial charge in [-0.3, -0.25) is 5.32 Å². The summed E-state index contributed by atoms with van der Waals surface area (Å²) in [5.74, 6) is -0.972. The monoisotopic (exact) mass is 475 g/mol. The van der Waals surface area contributed by atoms with Gasteiger partial charge in [0.2, 0.25) is 0 Å². The fourth-order valence-electron chi connectivity index (χ4n) is 3.69. The number of urea groups is 1. The Balaban J connectivity index is 1.32. The van der Waals surface area contributed by atoms with Crippen molar-refractivity contribution in [3.05, 3.63) is 42.0 Å². The highest BCUT2D eigenvalue weighted by molar-refractivity contribution is 7.22. The number of anilines is 3. The van der Waals surface area contributed by atoms with Gasteiger partial charge in [0, 0.05) is 39.8 Å². The molecule has 2 aromatic heterocycles. The first-order valence-electron chi connectivity index (χ1n) is 10.8. The third kappa shape index (κ3) is 5.73. The van der Waals surface area contributed by atoms with Gasteiger partial charge in [-0.2, -0.15) is 0 Å². The molecule has 2 N–H and O–H groups in total. The number of pyridine rings is 1. The second-order valence-corrected chi connectivity index (χ2v) is 9.00. The Morgan fingerprint density at radius 3 is 2.58 bits per heavy atom. The zero-order valence-electron chi connectivity index (χ0n) is 18.6.